The highest BCUT2D eigenvalue weighted by Gasteiger charge is 2.53. The van der Waals surface area contributed by atoms with E-state index in [0.717, 1.165) is 27.8 Å². The van der Waals surface area contributed by atoms with Gasteiger partial charge in [0.2, 0.25) is 5.54 Å². The van der Waals surface area contributed by atoms with Crippen LogP contribution in [0.3, 0.4) is 0 Å². The number of ether oxygens (including phenoxy) is 1. The third kappa shape index (κ3) is 2.51. The number of carbonyl (C=O) groups excluding carboxylic acids is 1. The smallest absolute Gasteiger partial charge is 0.342 e. The summed E-state index contributed by atoms with van der Waals surface area (Å²) in [5.74, 6) is -2.15. The topological polar surface area (TPSA) is 75.6 Å². The van der Waals surface area contributed by atoms with Gasteiger partial charge in [0.05, 0.1) is 0 Å². The van der Waals surface area contributed by atoms with Crippen LogP contribution in [0.1, 0.15) is 28.2 Å². The molecule has 0 aromatic heterocycles. The number of carboxylic acid groups (broad SMARTS) is 1. The van der Waals surface area contributed by atoms with Crippen molar-refractivity contribution in [2.24, 2.45) is 0 Å². The highest BCUT2D eigenvalue weighted by Crippen LogP contribution is 2.45. The fraction of sp³-hybridized carbons (Fsp3) is 0.167. The van der Waals surface area contributed by atoms with Crippen molar-refractivity contribution >= 4 is 11.9 Å². The number of nitrogens with one attached hydrogen (secondary N) is 1. The first-order valence-corrected chi connectivity index (χ1v) is 9.55. The molecule has 2 aliphatic rings. The van der Waals surface area contributed by atoms with Crippen molar-refractivity contribution in [2.45, 2.75) is 18.0 Å². The number of carbonyl (C=O) groups is 2. The van der Waals surface area contributed by atoms with Crippen molar-refractivity contribution in [1.29, 1.82) is 0 Å². The normalized spacial score (nSPS) is 19.3. The average Bonchev–Trinajstić information content (AvgIpc) is 3.29. The maximum absolute atomic E-state index is 13.1. The van der Waals surface area contributed by atoms with E-state index in [1.165, 1.54) is 0 Å². The molecule has 144 valence electrons. The number of hydrogen-bond donors (Lipinski definition) is 2. The van der Waals surface area contributed by atoms with E-state index in [-0.39, 0.29) is 12.5 Å². The molecule has 0 spiro atoms. The fourth-order valence-corrected chi connectivity index (χ4v) is 4.53. The molecule has 0 saturated heterocycles. The maximum Gasteiger partial charge on any atom is 0.342 e. The minimum atomic E-state index is -1.87. The van der Waals surface area contributed by atoms with Crippen molar-refractivity contribution in [2.75, 3.05) is 6.61 Å². The van der Waals surface area contributed by atoms with Crippen LogP contribution in [-0.2, 0) is 26.4 Å². The molecule has 0 amide bonds. The van der Waals surface area contributed by atoms with E-state index < -0.39 is 17.5 Å². The summed E-state index contributed by atoms with van der Waals surface area (Å²) in [7, 11) is 0. The number of hydrogen-bond acceptors (Lipinski definition) is 4. The van der Waals surface area contributed by atoms with Crippen LogP contribution in [0.15, 0.2) is 72.8 Å². The van der Waals surface area contributed by atoms with Crippen molar-refractivity contribution in [3.8, 4) is 11.1 Å². The van der Waals surface area contributed by atoms with Gasteiger partial charge in [-0.25, -0.2) is 9.59 Å². The number of carboxylic acids is 1. The summed E-state index contributed by atoms with van der Waals surface area (Å²) in [4.78, 5) is 25.2. The standard InChI is InChI=1S/C24H19NO4/c26-22(27)24(21-12-6-1-7-15(21)13-25-24)23(28)29-14-20-18-10-4-2-8-16(18)17-9-3-5-11-19(17)20/h1-12,20,25H,13-14H2,(H,26,27)/t24-/m1/s1. The van der Waals surface area contributed by atoms with Crippen LogP contribution in [0, 0.1) is 0 Å². The SMILES string of the molecule is O=C(O)[C@]1(C(=O)OCC2c3ccccc3-c3ccccc32)NCc2ccccc21. The summed E-state index contributed by atoms with van der Waals surface area (Å²) in [6.07, 6.45) is 0. The zero-order chi connectivity index (χ0) is 20.0. The Labute approximate surface area is 168 Å². The molecular formula is C24H19NO4. The Bertz CT molecular complexity index is 1090. The number of fused-ring (bicyclic) bond motifs is 4. The van der Waals surface area contributed by atoms with Crippen molar-refractivity contribution in [1.82, 2.24) is 5.32 Å². The second-order valence-electron chi connectivity index (χ2n) is 7.39. The van der Waals surface area contributed by atoms with Crippen LogP contribution in [0.4, 0.5) is 0 Å². The predicted octanol–water partition coefficient (Wildman–Crippen LogP) is 3.43. The minimum Gasteiger partial charge on any atom is -0.479 e. The summed E-state index contributed by atoms with van der Waals surface area (Å²) in [6, 6.07) is 23.2. The van der Waals surface area contributed by atoms with E-state index in [1.807, 2.05) is 48.5 Å². The molecule has 5 nitrogen and oxygen atoms in total. The molecule has 0 bridgehead atoms. The van der Waals surface area contributed by atoms with Crippen molar-refractivity contribution in [3.05, 3.63) is 95.1 Å². The molecule has 29 heavy (non-hydrogen) atoms. The van der Waals surface area contributed by atoms with Gasteiger partial charge in [-0.3, -0.25) is 5.32 Å². The van der Waals surface area contributed by atoms with E-state index in [2.05, 4.69) is 17.4 Å². The summed E-state index contributed by atoms with van der Waals surface area (Å²) >= 11 is 0. The van der Waals surface area contributed by atoms with Gasteiger partial charge in [0.25, 0.3) is 0 Å². The Hall–Kier alpha value is -3.44. The van der Waals surface area contributed by atoms with E-state index in [0.29, 0.717) is 12.1 Å². The molecular weight excluding hydrogens is 366 g/mol. The van der Waals surface area contributed by atoms with Crippen LogP contribution in [0.2, 0.25) is 0 Å². The Kier molecular flexibility index (Phi) is 4.00. The Morgan fingerprint density at radius 2 is 1.52 bits per heavy atom. The van der Waals surface area contributed by atoms with Crippen molar-refractivity contribution < 1.29 is 19.4 Å². The van der Waals surface area contributed by atoms with E-state index in [1.54, 1.807) is 12.1 Å². The molecule has 1 atom stereocenters. The molecule has 2 N–H and O–H groups in total. The first kappa shape index (κ1) is 17.6. The van der Waals surface area contributed by atoms with Crippen LogP contribution >= 0.6 is 0 Å². The summed E-state index contributed by atoms with van der Waals surface area (Å²) in [5.41, 5.74) is 3.81. The lowest BCUT2D eigenvalue weighted by atomic mass is 9.90. The molecule has 0 unspecified atom stereocenters. The van der Waals surface area contributed by atoms with Gasteiger partial charge in [-0.1, -0.05) is 72.8 Å². The lowest BCUT2D eigenvalue weighted by molar-refractivity contribution is -0.163. The molecule has 0 radical (unpaired) electrons. The summed E-state index contributed by atoms with van der Waals surface area (Å²) in [6.45, 7) is 0.401. The fourth-order valence-electron chi connectivity index (χ4n) is 4.53. The summed E-state index contributed by atoms with van der Waals surface area (Å²) < 4.78 is 5.66. The van der Waals surface area contributed by atoms with Gasteiger partial charge < -0.3 is 9.84 Å². The lowest BCUT2D eigenvalue weighted by Gasteiger charge is -2.25. The van der Waals surface area contributed by atoms with E-state index >= 15 is 0 Å². The molecule has 3 aromatic carbocycles. The molecule has 1 aliphatic carbocycles. The van der Waals surface area contributed by atoms with Gasteiger partial charge in [-0.2, -0.15) is 0 Å². The zero-order valence-electron chi connectivity index (χ0n) is 15.6. The van der Waals surface area contributed by atoms with Crippen LogP contribution in [0.25, 0.3) is 11.1 Å². The molecule has 1 heterocycles. The first-order chi connectivity index (χ1) is 14.1. The third-order valence-electron chi connectivity index (χ3n) is 5.94. The lowest BCUT2D eigenvalue weighted by Crippen LogP contribution is -2.52. The van der Waals surface area contributed by atoms with Gasteiger partial charge in [-0.15, -0.1) is 0 Å². The first-order valence-electron chi connectivity index (χ1n) is 9.55. The highest BCUT2D eigenvalue weighted by atomic mass is 16.5. The Morgan fingerprint density at radius 1 is 0.931 bits per heavy atom. The van der Waals surface area contributed by atoms with E-state index in [4.69, 9.17) is 4.74 Å². The molecule has 5 heteroatoms. The van der Waals surface area contributed by atoms with Gasteiger partial charge >= 0.3 is 11.9 Å². The number of aliphatic carboxylic acids is 1. The zero-order valence-corrected chi connectivity index (χ0v) is 15.6. The maximum atomic E-state index is 13.1. The largest absolute Gasteiger partial charge is 0.479 e. The van der Waals surface area contributed by atoms with Gasteiger partial charge in [0.1, 0.15) is 6.61 Å². The van der Waals surface area contributed by atoms with E-state index in [9.17, 15) is 14.7 Å². The third-order valence-corrected chi connectivity index (χ3v) is 5.94. The Balaban J connectivity index is 1.46. The molecule has 1 aliphatic heterocycles. The molecule has 0 fully saturated rings. The Morgan fingerprint density at radius 3 is 2.17 bits per heavy atom. The quantitative estimate of drug-likeness (QED) is 0.532. The number of rotatable bonds is 4. The van der Waals surface area contributed by atoms with Gasteiger partial charge in [0, 0.05) is 12.5 Å². The molecule has 0 saturated carbocycles. The molecule has 3 aromatic rings. The minimum absolute atomic E-state index is 0.0890. The number of esters is 1. The highest BCUT2D eigenvalue weighted by molar-refractivity contribution is 6.06. The van der Waals surface area contributed by atoms with Crippen LogP contribution in [-0.4, -0.2) is 23.7 Å². The van der Waals surface area contributed by atoms with Gasteiger partial charge in [0.15, 0.2) is 0 Å². The summed E-state index contributed by atoms with van der Waals surface area (Å²) in [5, 5.41) is 12.8. The molecule has 5 rings (SSSR count). The average molecular weight is 385 g/mol. The van der Waals surface area contributed by atoms with Crippen LogP contribution < -0.4 is 5.32 Å². The monoisotopic (exact) mass is 385 g/mol. The second-order valence-corrected chi connectivity index (χ2v) is 7.39. The van der Waals surface area contributed by atoms with Crippen molar-refractivity contribution in [3.63, 3.8) is 0 Å². The van der Waals surface area contributed by atoms with Gasteiger partial charge in [-0.05, 0) is 33.4 Å². The predicted molar refractivity (Wildman–Crippen MR) is 107 cm³/mol. The second kappa shape index (κ2) is 6.57. The van der Waals surface area contributed by atoms with Crippen LogP contribution in [0.5, 0.6) is 0 Å². The number of benzene rings is 3.